The molecule has 0 unspecified atom stereocenters. The minimum atomic E-state index is -0.740. The summed E-state index contributed by atoms with van der Waals surface area (Å²) in [6.07, 6.45) is 1.39. The van der Waals surface area contributed by atoms with Crippen molar-refractivity contribution >= 4 is 29.2 Å². The predicted molar refractivity (Wildman–Crippen MR) is 88.0 cm³/mol. The van der Waals surface area contributed by atoms with Gasteiger partial charge in [-0.25, -0.2) is 4.79 Å². The van der Waals surface area contributed by atoms with Crippen LogP contribution >= 0.6 is 0 Å². The first kappa shape index (κ1) is 16.8. The van der Waals surface area contributed by atoms with Gasteiger partial charge in [0.05, 0.1) is 0 Å². The molecule has 1 aliphatic heterocycles. The van der Waals surface area contributed by atoms with E-state index in [0.717, 1.165) is 12.1 Å². The number of anilines is 2. The summed E-state index contributed by atoms with van der Waals surface area (Å²) in [5.74, 6) is -0.363. The van der Waals surface area contributed by atoms with Crippen molar-refractivity contribution in [1.82, 2.24) is 5.32 Å². The van der Waals surface area contributed by atoms with E-state index in [0.29, 0.717) is 18.7 Å². The zero-order chi connectivity index (χ0) is 17.0. The van der Waals surface area contributed by atoms with Crippen LogP contribution in [0.4, 0.5) is 16.2 Å². The van der Waals surface area contributed by atoms with E-state index in [1.54, 1.807) is 23.1 Å². The number of benzene rings is 1. The van der Waals surface area contributed by atoms with E-state index in [2.05, 4.69) is 10.6 Å². The molecule has 1 aliphatic rings. The number of hydrogen-bond donors (Lipinski definition) is 3. The Hall–Kier alpha value is -2.57. The van der Waals surface area contributed by atoms with Crippen LogP contribution in [-0.2, 0) is 9.59 Å². The number of nitrogens with zero attached hydrogens (tertiary/aromatic N) is 1. The highest BCUT2D eigenvalue weighted by atomic mass is 16.2. The summed E-state index contributed by atoms with van der Waals surface area (Å²) in [4.78, 5) is 36.9. The van der Waals surface area contributed by atoms with Crippen LogP contribution in [0.3, 0.4) is 0 Å². The lowest BCUT2D eigenvalue weighted by atomic mass is 10.0. The molecule has 1 atom stereocenters. The molecule has 0 spiro atoms. The summed E-state index contributed by atoms with van der Waals surface area (Å²) in [6.45, 7) is 4.33. The van der Waals surface area contributed by atoms with Crippen LogP contribution in [0, 0.1) is 5.92 Å². The fraction of sp³-hybridized carbons (Fsp3) is 0.438. The Morgan fingerprint density at radius 3 is 2.61 bits per heavy atom. The molecule has 4 amide bonds. The van der Waals surface area contributed by atoms with Crippen LogP contribution < -0.4 is 21.3 Å². The van der Waals surface area contributed by atoms with Crippen molar-refractivity contribution in [3.05, 3.63) is 24.3 Å². The van der Waals surface area contributed by atoms with Gasteiger partial charge in [0.15, 0.2) is 0 Å². The Bertz CT molecular complexity index is 615. The summed E-state index contributed by atoms with van der Waals surface area (Å²) in [6, 6.07) is 5.65. The third kappa shape index (κ3) is 4.21. The van der Waals surface area contributed by atoms with Crippen LogP contribution in [-0.4, -0.2) is 30.4 Å². The molecular formula is C16H22N4O3. The van der Waals surface area contributed by atoms with Crippen LogP contribution in [0.5, 0.6) is 0 Å². The first-order valence-corrected chi connectivity index (χ1v) is 7.65. The molecule has 1 fully saturated rings. The van der Waals surface area contributed by atoms with Crippen LogP contribution in [0.25, 0.3) is 0 Å². The highest BCUT2D eigenvalue weighted by Crippen LogP contribution is 2.24. The van der Waals surface area contributed by atoms with Gasteiger partial charge in [0.25, 0.3) is 0 Å². The third-order valence-corrected chi connectivity index (χ3v) is 3.75. The number of hydrogen-bond acceptors (Lipinski definition) is 3. The van der Waals surface area contributed by atoms with Crippen LogP contribution in [0.1, 0.15) is 26.7 Å². The smallest absolute Gasteiger partial charge is 0.312 e. The first-order valence-electron chi connectivity index (χ1n) is 7.65. The molecule has 0 radical (unpaired) electrons. The number of amides is 4. The monoisotopic (exact) mass is 318 g/mol. The molecule has 0 saturated carbocycles. The number of primary amides is 1. The molecule has 4 N–H and O–H groups in total. The van der Waals surface area contributed by atoms with Gasteiger partial charge in [0.2, 0.25) is 11.8 Å². The fourth-order valence-corrected chi connectivity index (χ4v) is 2.58. The first-order chi connectivity index (χ1) is 10.9. The van der Waals surface area contributed by atoms with Crippen LogP contribution in [0.2, 0.25) is 0 Å². The zero-order valence-electron chi connectivity index (χ0n) is 13.3. The summed E-state index contributed by atoms with van der Waals surface area (Å²) in [5.41, 5.74) is 6.44. The second-order valence-corrected chi connectivity index (χ2v) is 5.92. The highest BCUT2D eigenvalue weighted by molar-refractivity contribution is 5.99. The van der Waals surface area contributed by atoms with E-state index in [4.69, 9.17) is 5.73 Å². The number of rotatable bonds is 5. The van der Waals surface area contributed by atoms with Crippen molar-refractivity contribution in [3.63, 3.8) is 0 Å². The largest absolute Gasteiger partial charge is 0.352 e. The molecule has 0 bridgehead atoms. The fourth-order valence-electron chi connectivity index (χ4n) is 2.58. The lowest BCUT2D eigenvalue weighted by Crippen LogP contribution is -2.49. The van der Waals surface area contributed by atoms with Gasteiger partial charge >= 0.3 is 6.03 Å². The van der Waals surface area contributed by atoms with Crippen molar-refractivity contribution in [1.29, 1.82) is 0 Å². The Balaban J connectivity index is 2.11. The quantitative estimate of drug-likeness (QED) is 0.765. The molecular weight excluding hydrogens is 296 g/mol. The lowest BCUT2D eigenvalue weighted by Gasteiger charge is -2.21. The van der Waals surface area contributed by atoms with E-state index < -0.39 is 12.1 Å². The second kappa shape index (κ2) is 7.13. The molecule has 7 nitrogen and oxygen atoms in total. The molecule has 124 valence electrons. The van der Waals surface area contributed by atoms with Crippen molar-refractivity contribution in [3.8, 4) is 0 Å². The third-order valence-electron chi connectivity index (χ3n) is 3.75. The second-order valence-electron chi connectivity index (χ2n) is 5.92. The number of carbonyl (C=O) groups is 3. The molecule has 1 heterocycles. The molecule has 1 aromatic rings. The number of urea groups is 1. The van der Waals surface area contributed by atoms with Crippen molar-refractivity contribution < 1.29 is 14.4 Å². The van der Waals surface area contributed by atoms with E-state index in [1.165, 1.54) is 0 Å². The van der Waals surface area contributed by atoms with E-state index in [9.17, 15) is 14.4 Å². The summed E-state index contributed by atoms with van der Waals surface area (Å²) in [5, 5.41) is 5.20. The maximum absolute atomic E-state index is 12.3. The molecule has 2 rings (SSSR count). The van der Waals surface area contributed by atoms with Gasteiger partial charge in [-0.15, -0.1) is 0 Å². The van der Waals surface area contributed by atoms with Gasteiger partial charge in [-0.1, -0.05) is 19.9 Å². The standard InChI is InChI=1S/C16H22N4O3/c1-10(2)14(19-16(17)23)15(22)18-11-5-3-6-12(9-11)20-8-4-7-13(20)21/h3,5-6,9-10,14H,4,7-8H2,1-2H3,(H,18,22)(H3,17,19,23)/t14-/m0/s1. The molecule has 0 aromatic heterocycles. The van der Waals surface area contributed by atoms with Gasteiger partial charge in [-0.2, -0.15) is 0 Å². The van der Waals surface area contributed by atoms with Crippen molar-refractivity contribution in [2.75, 3.05) is 16.8 Å². The minimum absolute atomic E-state index is 0.0870. The van der Waals surface area contributed by atoms with Crippen molar-refractivity contribution in [2.45, 2.75) is 32.7 Å². The Morgan fingerprint density at radius 1 is 1.30 bits per heavy atom. The summed E-state index contributed by atoms with van der Waals surface area (Å²) >= 11 is 0. The number of carbonyl (C=O) groups excluding carboxylic acids is 3. The average molecular weight is 318 g/mol. The maximum Gasteiger partial charge on any atom is 0.312 e. The van der Waals surface area contributed by atoms with Gasteiger partial charge in [0.1, 0.15) is 6.04 Å². The normalized spacial score (nSPS) is 15.6. The van der Waals surface area contributed by atoms with Gasteiger partial charge in [0, 0.05) is 24.3 Å². The summed E-state index contributed by atoms with van der Waals surface area (Å²) in [7, 11) is 0. The van der Waals surface area contributed by atoms with Gasteiger partial charge in [-0.3, -0.25) is 9.59 Å². The Kier molecular flexibility index (Phi) is 5.20. The lowest BCUT2D eigenvalue weighted by molar-refractivity contribution is -0.119. The zero-order valence-corrected chi connectivity index (χ0v) is 13.3. The predicted octanol–water partition coefficient (Wildman–Crippen LogP) is 1.44. The molecule has 1 aromatic carbocycles. The highest BCUT2D eigenvalue weighted by Gasteiger charge is 2.24. The summed E-state index contributed by atoms with van der Waals surface area (Å²) < 4.78 is 0. The maximum atomic E-state index is 12.3. The Labute approximate surface area is 135 Å². The van der Waals surface area contributed by atoms with Gasteiger partial charge < -0.3 is 21.3 Å². The SMILES string of the molecule is CC(C)[C@H](NC(N)=O)C(=O)Nc1cccc(N2CCCC2=O)c1. The average Bonchev–Trinajstić information content (AvgIpc) is 2.90. The van der Waals surface area contributed by atoms with Crippen molar-refractivity contribution in [2.24, 2.45) is 11.7 Å². The van der Waals surface area contributed by atoms with E-state index in [-0.39, 0.29) is 17.7 Å². The number of nitrogens with two attached hydrogens (primary N) is 1. The van der Waals surface area contributed by atoms with E-state index >= 15 is 0 Å². The number of nitrogens with one attached hydrogen (secondary N) is 2. The van der Waals surface area contributed by atoms with Crippen LogP contribution in [0.15, 0.2) is 24.3 Å². The Morgan fingerprint density at radius 2 is 2.04 bits per heavy atom. The topological polar surface area (TPSA) is 105 Å². The molecule has 23 heavy (non-hydrogen) atoms. The van der Waals surface area contributed by atoms with Gasteiger partial charge in [-0.05, 0) is 30.5 Å². The molecule has 0 aliphatic carbocycles. The molecule has 1 saturated heterocycles. The minimum Gasteiger partial charge on any atom is -0.352 e. The van der Waals surface area contributed by atoms with E-state index in [1.807, 2.05) is 19.9 Å². The molecule has 7 heteroatoms.